The van der Waals surface area contributed by atoms with Gasteiger partial charge in [0.25, 0.3) is 0 Å². The largest absolute Gasteiger partial charge is 0.385 e. The van der Waals surface area contributed by atoms with Crippen LogP contribution in [0.1, 0.15) is 12.2 Å². The van der Waals surface area contributed by atoms with Crippen LogP contribution in [0.4, 0.5) is 5.82 Å². The van der Waals surface area contributed by atoms with Gasteiger partial charge in [-0.05, 0) is 18.6 Å². The lowest BCUT2D eigenvalue weighted by Crippen LogP contribution is -2.07. The lowest BCUT2D eigenvalue weighted by molar-refractivity contribution is 0.189. The minimum atomic E-state index is 0.653. The molecule has 3 rings (SSSR count). The van der Waals surface area contributed by atoms with Crippen LogP contribution in [-0.4, -0.2) is 33.0 Å². The third-order valence-corrected chi connectivity index (χ3v) is 3.68. The molecule has 0 amide bonds. The van der Waals surface area contributed by atoms with Crippen molar-refractivity contribution in [1.29, 1.82) is 0 Å². The van der Waals surface area contributed by atoms with Crippen LogP contribution in [0.5, 0.6) is 0 Å². The Morgan fingerprint density at radius 3 is 2.91 bits per heavy atom. The standard InChI is InChI=1S/C16H21N5O/c1-20-14-7-4-3-6-13(14)18-16(20)12-17-15-8-10-21(19-15)9-5-11-22-2/h3-4,6-8,10H,5,9,11-12H2,1-2H3,(H,17,19). The molecule has 0 spiro atoms. The zero-order valence-corrected chi connectivity index (χ0v) is 13.0. The van der Waals surface area contributed by atoms with E-state index in [-0.39, 0.29) is 0 Å². The Bertz CT molecular complexity index is 746. The van der Waals surface area contributed by atoms with Crippen LogP contribution in [0, 0.1) is 0 Å². The Morgan fingerprint density at radius 1 is 1.23 bits per heavy atom. The quantitative estimate of drug-likeness (QED) is 0.681. The smallest absolute Gasteiger partial charge is 0.148 e. The number of aromatic nitrogens is 4. The second-order valence-electron chi connectivity index (χ2n) is 5.24. The SMILES string of the molecule is COCCCn1ccc(NCc2nc3ccccc3n2C)n1. The Kier molecular flexibility index (Phi) is 4.39. The van der Waals surface area contributed by atoms with Crippen molar-refractivity contribution in [2.75, 3.05) is 19.0 Å². The maximum Gasteiger partial charge on any atom is 0.148 e. The molecule has 116 valence electrons. The van der Waals surface area contributed by atoms with E-state index >= 15 is 0 Å². The molecular weight excluding hydrogens is 278 g/mol. The van der Waals surface area contributed by atoms with E-state index in [2.05, 4.69) is 26.0 Å². The highest BCUT2D eigenvalue weighted by molar-refractivity contribution is 5.75. The molecule has 22 heavy (non-hydrogen) atoms. The predicted molar refractivity (Wildman–Crippen MR) is 86.8 cm³/mol. The third-order valence-electron chi connectivity index (χ3n) is 3.68. The van der Waals surface area contributed by atoms with Crippen molar-refractivity contribution in [2.24, 2.45) is 7.05 Å². The van der Waals surface area contributed by atoms with E-state index in [1.54, 1.807) is 7.11 Å². The van der Waals surface area contributed by atoms with Crippen molar-refractivity contribution in [3.8, 4) is 0 Å². The molecule has 0 saturated heterocycles. The maximum atomic E-state index is 5.05. The van der Waals surface area contributed by atoms with Gasteiger partial charge < -0.3 is 14.6 Å². The molecule has 0 unspecified atom stereocenters. The average molecular weight is 299 g/mol. The van der Waals surface area contributed by atoms with Crippen molar-refractivity contribution in [3.05, 3.63) is 42.4 Å². The molecule has 0 aliphatic carbocycles. The van der Waals surface area contributed by atoms with E-state index in [1.807, 2.05) is 42.2 Å². The number of ether oxygens (including phenoxy) is 1. The average Bonchev–Trinajstić information content (AvgIpc) is 3.11. The molecule has 6 heteroatoms. The van der Waals surface area contributed by atoms with E-state index in [0.717, 1.165) is 42.2 Å². The number of rotatable bonds is 7. The normalized spacial score (nSPS) is 11.2. The fraction of sp³-hybridized carbons (Fsp3) is 0.375. The summed E-state index contributed by atoms with van der Waals surface area (Å²) in [4.78, 5) is 4.64. The van der Waals surface area contributed by atoms with E-state index in [1.165, 1.54) is 0 Å². The van der Waals surface area contributed by atoms with Crippen LogP contribution in [-0.2, 0) is 24.9 Å². The fourth-order valence-corrected chi connectivity index (χ4v) is 2.47. The van der Waals surface area contributed by atoms with Gasteiger partial charge in [0.05, 0.1) is 17.6 Å². The summed E-state index contributed by atoms with van der Waals surface area (Å²) in [5.41, 5.74) is 2.16. The number of nitrogens with zero attached hydrogens (tertiary/aromatic N) is 4. The monoisotopic (exact) mass is 299 g/mol. The Labute approximate surface area is 129 Å². The summed E-state index contributed by atoms with van der Waals surface area (Å²) in [5.74, 6) is 1.86. The van der Waals surface area contributed by atoms with E-state index in [4.69, 9.17) is 4.74 Å². The Hall–Kier alpha value is -2.34. The maximum absolute atomic E-state index is 5.05. The third kappa shape index (κ3) is 3.12. The molecule has 6 nitrogen and oxygen atoms in total. The Balaban J connectivity index is 1.63. The van der Waals surface area contributed by atoms with Crippen LogP contribution < -0.4 is 5.32 Å². The van der Waals surface area contributed by atoms with Crippen molar-refractivity contribution in [2.45, 2.75) is 19.5 Å². The number of imidazole rings is 1. The summed E-state index contributed by atoms with van der Waals surface area (Å²) in [6.07, 6.45) is 2.94. The summed E-state index contributed by atoms with van der Waals surface area (Å²) in [5, 5.41) is 7.82. The first-order valence-electron chi connectivity index (χ1n) is 7.44. The highest BCUT2D eigenvalue weighted by atomic mass is 16.5. The highest BCUT2D eigenvalue weighted by Crippen LogP contribution is 2.15. The van der Waals surface area contributed by atoms with Gasteiger partial charge >= 0.3 is 0 Å². The molecule has 3 aromatic rings. The van der Waals surface area contributed by atoms with Gasteiger partial charge in [-0.3, -0.25) is 4.68 Å². The molecule has 0 saturated carbocycles. The van der Waals surface area contributed by atoms with E-state index in [0.29, 0.717) is 6.54 Å². The number of hydrogen-bond acceptors (Lipinski definition) is 4. The van der Waals surface area contributed by atoms with E-state index in [9.17, 15) is 0 Å². The second-order valence-corrected chi connectivity index (χ2v) is 5.24. The number of aryl methyl sites for hydroxylation is 2. The van der Waals surface area contributed by atoms with Gasteiger partial charge in [-0.25, -0.2) is 4.98 Å². The van der Waals surface area contributed by atoms with Crippen molar-refractivity contribution >= 4 is 16.9 Å². The summed E-state index contributed by atoms with van der Waals surface area (Å²) in [6, 6.07) is 10.1. The molecule has 2 heterocycles. The van der Waals surface area contributed by atoms with Gasteiger partial charge in [0.1, 0.15) is 11.6 Å². The molecule has 2 aromatic heterocycles. The van der Waals surface area contributed by atoms with Gasteiger partial charge in [-0.2, -0.15) is 5.10 Å². The molecule has 0 bridgehead atoms. The van der Waals surface area contributed by atoms with Crippen molar-refractivity contribution in [1.82, 2.24) is 19.3 Å². The Morgan fingerprint density at radius 2 is 2.09 bits per heavy atom. The number of methoxy groups -OCH3 is 1. The van der Waals surface area contributed by atoms with Crippen LogP contribution in [0.3, 0.4) is 0 Å². The van der Waals surface area contributed by atoms with Crippen LogP contribution in [0.2, 0.25) is 0 Å². The van der Waals surface area contributed by atoms with Gasteiger partial charge in [-0.15, -0.1) is 0 Å². The van der Waals surface area contributed by atoms with Gasteiger partial charge in [-0.1, -0.05) is 12.1 Å². The zero-order valence-electron chi connectivity index (χ0n) is 13.0. The minimum Gasteiger partial charge on any atom is -0.385 e. The fourth-order valence-electron chi connectivity index (χ4n) is 2.47. The van der Waals surface area contributed by atoms with Crippen molar-refractivity contribution in [3.63, 3.8) is 0 Å². The number of hydrogen-bond donors (Lipinski definition) is 1. The lowest BCUT2D eigenvalue weighted by atomic mass is 10.3. The molecule has 1 aromatic carbocycles. The summed E-state index contributed by atoms with van der Waals surface area (Å²) in [7, 11) is 3.75. The van der Waals surface area contributed by atoms with E-state index < -0.39 is 0 Å². The van der Waals surface area contributed by atoms with Crippen molar-refractivity contribution < 1.29 is 4.74 Å². The van der Waals surface area contributed by atoms with Gasteiger partial charge in [0.2, 0.25) is 0 Å². The summed E-state index contributed by atoms with van der Waals surface area (Å²) < 4.78 is 9.09. The molecular formula is C16H21N5O. The first kappa shape index (κ1) is 14.6. The number of benzene rings is 1. The lowest BCUT2D eigenvalue weighted by Gasteiger charge is -2.04. The minimum absolute atomic E-state index is 0.653. The number of fused-ring (bicyclic) bond motifs is 1. The molecule has 0 aliphatic rings. The number of anilines is 1. The topological polar surface area (TPSA) is 56.9 Å². The van der Waals surface area contributed by atoms with Crippen LogP contribution >= 0.6 is 0 Å². The molecule has 0 atom stereocenters. The molecule has 1 N–H and O–H groups in total. The zero-order chi connectivity index (χ0) is 15.4. The van der Waals surface area contributed by atoms with Gasteiger partial charge in [0, 0.05) is 39.6 Å². The molecule has 0 radical (unpaired) electrons. The highest BCUT2D eigenvalue weighted by Gasteiger charge is 2.07. The van der Waals surface area contributed by atoms with Crippen LogP contribution in [0.15, 0.2) is 36.5 Å². The second kappa shape index (κ2) is 6.62. The molecule has 0 aliphatic heterocycles. The summed E-state index contributed by atoms with van der Waals surface area (Å²) in [6.45, 7) is 2.27. The predicted octanol–water partition coefficient (Wildman–Crippen LogP) is 2.42. The first-order chi connectivity index (χ1) is 10.8. The summed E-state index contributed by atoms with van der Waals surface area (Å²) >= 11 is 0. The first-order valence-corrected chi connectivity index (χ1v) is 7.44. The molecule has 0 fully saturated rings. The number of para-hydroxylation sites is 2. The van der Waals surface area contributed by atoms with Crippen LogP contribution in [0.25, 0.3) is 11.0 Å². The van der Waals surface area contributed by atoms with Gasteiger partial charge in [0.15, 0.2) is 0 Å². The number of nitrogens with one attached hydrogen (secondary N) is 1.